The molecule has 19 heavy (non-hydrogen) atoms. The van der Waals surface area contributed by atoms with E-state index in [0.717, 1.165) is 23.4 Å². The third-order valence-corrected chi connectivity index (χ3v) is 3.66. The van der Waals surface area contributed by atoms with E-state index in [4.69, 9.17) is 6.42 Å². The fourth-order valence-corrected chi connectivity index (χ4v) is 2.60. The largest absolute Gasteiger partial charge is 0.326 e. The topological polar surface area (TPSA) is 49.4 Å². The number of nitrogens with zero attached hydrogens (tertiary/aromatic N) is 1. The standard InChI is InChI=1S/C15H14N2O2/c1-2-10-7-15(19)17(9-10)12-5-3-11-4-6-14(18)16-13(11)8-12/h1,3,5,8,10H,4,6-7,9H2,(H,16,18). The summed E-state index contributed by atoms with van der Waals surface area (Å²) in [5, 5.41) is 2.85. The highest BCUT2D eigenvalue weighted by Crippen LogP contribution is 2.31. The number of hydrogen-bond donors (Lipinski definition) is 1. The van der Waals surface area contributed by atoms with E-state index in [2.05, 4.69) is 11.2 Å². The minimum Gasteiger partial charge on any atom is -0.326 e. The second-order valence-electron chi connectivity index (χ2n) is 4.96. The molecule has 0 saturated carbocycles. The molecule has 1 saturated heterocycles. The normalized spacial score (nSPS) is 21.8. The van der Waals surface area contributed by atoms with Gasteiger partial charge in [-0.15, -0.1) is 12.3 Å². The number of carbonyl (C=O) groups excluding carboxylic acids is 2. The lowest BCUT2D eigenvalue weighted by Crippen LogP contribution is -2.25. The Morgan fingerprint density at radius 2 is 2.16 bits per heavy atom. The second kappa shape index (κ2) is 4.43. The van der Waals surface area contributed by atoms with Gasteiger partial charge in [0, 0.05) is 36.7 Å². The van der Waals surface area contributed by atoms with Crippen molar-refractivity contribution in [2.75, 3.05) is 16.8 Å². The maximum Gasteiger partial charge on any atom is 0.228 e. The van der Waals surface area contributed by atoms with Crippen molar-refractivity contribution in [3.63, 3.8) is 0 Å². The second-order valence-corrected chi connectivity index (χ2v) is 4.96. The van der Waals surface area contributed by atoms with Crippen LogP contribution in [0.15, 0.2) is 18.2 Å². The number of carbonyl (C=O) groups is 2. The Morgan fingerprint density at radius 1 is 1.32 bits per heavy atom. The Balaban J connectivity index is 1.91. The zero-order valence-corrected chi connectivity index (χ0v) is 10.5. The first-order valence-electron chi connectivity index (χ1n) is 6.36. The summed E-state index contributed by atoms with van der Waals surface area (Å²) in [5.41, 5.74) is 2.73. The number of benzene rings is 1. The van der Waals surface area contributed by atoms with Gasteiger partial charge in [-0.25, -0.2) is 0 Å². The van der Waals surface area contributed by atoms with Crippen LogP contribution in [0.3, 0.4) is 0 Å². The molecule has 0 aliphatic carbocycles. The summed E-state index contributed by atoms with van der Waals surface area (Å²) < 4.78 is 0. The maximum absolute atomic E-state index is 11.9. The molecule has 2 aliphatic heterocycles. The van der Waals surface area contributed by atoms with Gasteiger partial charge in [0.25, 0.3) is 0 Å². The summed E-state index contributed by atoms with van der Waals surface area (Å²) >= 11 is 0. The number of terminal acetylenes is 1. The van der Waals surface area contributed by atoms with Crippen molar-refractivity contribution in [2.45, 2.75) is 19.3 Å². The van der Waals surface area contributed by atoms with Gasteiger partial charge in [0.1, 0.15) is 0 Å². The van der Waals surface area contributed by atoms with E-state index in [-0.39, 0.29) is 17.7 Å². The van der Waals surface area contributed by atoms with E-state index in [1.54, 1.807) is 4.90 Å². The van der Waals surface area contributed by atoms with Gasteiger partial charge in [0.05, 0.1) is 0 Å². The SMILES string of the molecule is C#CC1CC(=O)N(c2ccc3c(c2)NC(=O)CC3)C1. The van der Waals surface area contributed by atoms with E-state index in [1.165, 1.54) is 0 Å². The highest BCUT2D eigenvalue weighted by Gasteiger charge is 2.30. The van der Waals surface area contributed by atoms with Crippen LogP contribution in [0.1, 0.15) is 18.4 Å². The molecule has 1 aromatic carbocycles. The molecular formula is C15H14N2O2. The fraction of sp³-hybridized carbons (Fsp3) is 0.333. The number of aryl methyl sites for hydroxylation is 1. The molecule has 2 amide bonds. The van der Waals surface area contributed by atoms with Crippen molar-refractivity contribution in [1.82, 2.24) is 0 Å². The minimum absolute atomic E-state index is 0.0156. The predicted octanol–water partition coefficient (Wildman–Crippen LogP) is 1.56. The molecule has 96 valence electrons. The van der Waals surface area contributed by atoms with Crippen LogP contribution in [0.4, 0.5) is 11.4 Å². The number of anilines is 2. The number of rotatable bonds is 1. The van der Waals surface area contributed by atoms with Crippen molar-refractivity contribution in [1.29, 1.82) is 0 Å². The summed E-state index contributed by atoms with van der Waals surface area (Å²) in [6.45, 7) is 0.558. The third-order valence-electron chi connectivity index (χ3n) is 3.66. The summed E-state index contributed by atoms with van der Waals surface area (Å²) in [7, 11) is 0. The van der Waals surface area contributed by atoms with Crippen molar-refractivity contribution in [3.8, 4) is 12.3 Å². The number of hydrogen-bond acceptors (Lipinski definition) is 2. The highest BCUT2D eigenvalue weighted by molar-refractivity contribution is 5.98. The van der Waals surface area contributed by atoms with E-state index < -0.39 is 0 Å². The smallest absolute Gasteiger partial charge is 0.228 e. The summed E-state index contributed by atoms with van der Waals surface area (Å²) in [6, 6.07) is 5.76. The van der Waals surface area contributed by atoms with Crippen LogP contribution in [-0.2, 0) is 16.0 Å². The molecule has 2 heterocycles. The van der Waals surface area contributed by atoms with E-state index in [1.807, 2.05) is 18.2 Å². The Morgan fingerprint density at radius 3 is 2.89 bits per heavy atom. The van der Waals surface area contributed by atoms with E-state index in [9.17, 15) is 9.59 Å². The zero-order valence-electron chi connectivity index (χ0n) is 10.5. The van der Waals surface area contributed by atoms with Crippen molar-refractivity contribution >= 4 is 23.2 Å². The van der Waals surface area contributed by atoms with Crippen LogP contribution in [0.25, 0.3) is 0 Å². The lowest BCUT2D eigenvalue weighted by Gasteiger charge is -2.21. The summed E-state index contributed by atoms with van der Waals surface area (Å²) in [6.07, 6.45) is 7.06. The van der Waals surface area contributed by atoms with E-state index in [0.29, 0.717) is 19.4 Å². The number of fused-ring (bicyclic) bond motifs is 1. The van der Waals surface area contributed by atoms with Crippen LogP contribution in [0.2, 0.25) is 0 Å². The predicted molar refractivity (Wildman–Crippen MR) is 72.7 cm³/mol. The lowest BCUT2D eigenvalue weighted by molar-refractivity contribution is -0.117. The summed E-state index contributed by atoms with van der Waals surface area (Å²) in [4.78, 5) is 25.0. The van der Waals surface area contributed by atoms with Gasteiger partial charge in [0.2, 0.25) is 11.8 Å². The molecule has 0 spiro atoms. The molecule has 0 bridgehead atoms. The molecule has 1 aromatic rings. The maximum atomic E-state index is 11.9. The molecule has 4 heteroatoms. The van der Waals surface area contributed by atoms with Gasteiger partial charge < -0.3 is 10.2 Å². The molecule has 1 atom stereocenters. The van der Waals surface area contributed by atoms with Crippen molar-refractivity contribution in [3.05, 3.63) is 23.8 Å². The zero-order chi connectivity index (χ0) is 13.4. The van der Waals surface area contributed by atoms with Crippen LogP contribution in [-0.4, -0.2) is 18.4 Å². The Labute approximate surface area is 111 Å². The molecule has 2 aliphatic rings. The van der Waals surface area contributed by atoms with Crippen LogP contribution < -0.4 is 10.2 Å². The number of amides is 2. The Hall–Kier alpha value is -2.28. The van der Waals surface area contributed by atoms with Crippen LogP contribution >= 0.6 is 0 Å². The molecule has 3 rings (SSSR count). The molecular weight excluding hydrogens is 240 g/mol. The molecule has 0 aromatic heterocycles. The molecule has 1 unspecified atom stereocenters. The van der Waals surface area contributed by atoms with E-state index >= 15 is 0 Å². The highest BCUT2D eigenvalue weighted by atomic mass is 16.2. The Kier molecular flexibility index (Phi) is 2.75. The minimum atomic E-state index is -0.0156. The van der Waals surface area contributed by atoms with Gasteiger partial charge in [0.15, 0.2) is 0 Å². The van der Waals surface area contributed by atoms with Crippen molar-refractivity contribution in [2.24, 2.45) is 5.92 Å². The van der Waals surface area contributed by atoms with Crippen molar-refractivity contribution < 1.29 is 9.59 Å². The Bertz CT molecular complexity index is 601. The quantitative estimate of drug-likeness (QED) is 0.773. The van der Waals surface area contributed by atoms with Gasteiger partial charge in [-0.1, -0.05) is 6.07 Å². The lowest BCUT2D eigenvalue weighted by atomic mass is 10.0. The average Bonchev–Trinajstić information content (AvgIpc) is 2.79. The molecule has 0 radical (unpaired) electrons. The first-order valence-corrected chi connectivity index (χ1v) is 6.36. The van der Waals surface area contributed by atoms with Crippen LogP contribution in [0, 0.1) is 18.3 Å². The summed E-state index contributed by atoms with van der Waals surface area (Å²) in [5.74, 6) is 2.69. The van der Waals surface area contributed by atoms with Crippen LogP contribution in [0.5, 0.6) is 0 Å². The molecule has 1 fully saturated rings. The van der Waals surface area contributed by atoms with Gasteiger partial charge in [-0.05, 0) is 24.1 Å². The van der Waals surface area contributed by atoms with Gasteiger partial charge in [-0.3, -0.25) is 9.59 Å². The first kappa shape index (κ1) is 11.8. The van der Waals surface area contributed by atoms with Gasteiger partial charge >= 0.3 is 0 Å². The monoisotopic (exact) mass is 254 g/mol. The number of nitrogens with one attached hydrogen (secondary N) is 1. The average molecular weight is 254 g/mol. The molecule has 1 N–H and O–H groups in total. The third kappa shape index (κ3) is 2.08. The first-order chi connectivity index (χ1) is 9.17. The molecule has 4 nitrogen and oxygen atoms in total. The van der Waals surface area contributed by atoms with Gasteiger partial charge in [-0.2, -0.15) is 0 Å². The fourth-order valence-electron chi connectivity index (χ4n) is 2.60.